The van der Waals surface area contributed by atoms with Gasteiger partial charge in [-0.1, -0.05) is 99.0 Å². The van der Waals surface area contributed by atoms with Crippen LogP contribution in [0.5, 0.6) is 0 Å². The van der Waals surface area contributed by atoms with Crippen LogP contribution in [0.25, 0.3) is 0 Å². The van der Waals surface area contributed by atoms with Gasteiger partial charge in [0, 0.05) is 24.2 Å². The van der Waals surface area contributed by atoms with Crippen molar-refractivity contribution < 1.29 is 9.53 Å². The van der Waals surface area contributed by atoms with Crippen LogP contribution < -0.4 is 16.1 Å². The first-order valence-electron chi connectivity index (χ1n) is 23.1. The second-order valence-electron chi connectivity index (χ2n) is 22.0. The lowest BCUT2D eigenvalue weighted by Crippen LogP contribution is -2.62. The molecular formula is C51H86N4O2. The van der Waals surface area contributed by atoms with Gasteiger partial charge in [0.2, 0.25) is 0 Å². The van der Waals surface area contributed by atoms with E-state index in [-0.39, 0.29) is 33.3 Å². The summed E-state index contributed by atoms with van der Waals surface area (Å²) in [6.07, 6.45) is 23.0. The number of carbonyl (C=O) groups excluding carboxylic acids is 1. The average molecular weight is 787 g/mol. The van der Waals surface area contributed by atoms with Gasteiger partial charge in [-0.15, -0.1) is 0 Å². The molecule has 6 aliphatic rings. The Hall–Kier alpha value is -2.34. The monoisotopic (exact) mass is 787 g/mol. The number of hydrogen-bond donors (Lipinski definition) is 3. The van der Waals surface area contributed by atoms with E-state index in [1.165, 1.54) is 64.2 Å². The quantitative estimate of drug-likeness (QED) is 0.0892. The predicted octanol–water partition coefficient (Wildman–Crippen LogP) is 12.3. The fourth-order valence-electron chi connectivity index (χ4n) is 13.8. The first kappa shape index (κ1) is 45.7. The van der Waals surface area contributed by atoms with Crippen LogP contribution in [-0.2, 0) is 9.53 Å². The number of carbonyl (C=O) groups is 1. The van der Waals surface area contributed by atoms with Gasteiger partial charge >= 0.3 is 0 Å². The van der Waals surface area contributed by atoms with E-state index >= 15 is 0 Å². The van der Waals surface area contributed by atoms with Crippen molar-refractivity contribution in [3.05, 3.63) is 46.4 Å². The van der Waals surface area contributed by atoms with Crippen LogP contribution in [0, 0.1) is 62.6 Å². The molecule has 1 heterocycles. The SMILES string of the molecule is C/C=N\N/C(C(=O)NC)=C(\C)CC.CN[C@@](C)(CCC1C2=C(C)C(C)C3(C)C4=CC[C@]56C=CO[C@]([C@H](C)C(C)C)(CCC5(C)C4CCC3[C@]1(C)CC2)C6)C(C)(C)C. The normalized spacial score (nSPS) is 38.9. The standard InChI is InChI=1S/C42H69NO.C9H17N3O/c1-27(2)29(4)42-23-22-38(10)33-14-15-35-37(9)19-16-31(32(37)17-20-39(11,43-13)36(6,7)8)28(3)30(5)40(35,12)34(33)18-21-41(38,26-42)24-25-44-42;1-5-7(3)8(9(13)10-4)12-11-6-2/h18,24-25,27,29-30,32-33,35,43H,14-17,19-23,26H2,1-13H3;6,12H,5H2,1-4H3,(H,10,13)/b;8-7+,11-6-/t29-,30?,32?,33?,35?,37-,38?,39+,40?,41-,42-;/m1./s1. The average Bonchev–Trinajstić information content (AvgIpc) is 3.50. The minimum absolute atomic E-state index is 0.0141. The lowest BCUT2D eigenvalue weighted by atomic mass is 9.37. The van der Waals surface area contributed by atoms with Crippen molar-refractivity contribution in [3.8, 4) is 0 Å². The van der Waals surface area contributed by atoms with Crippen LogP contribution in [0.1, 0.15) is 174 Å². The molecular weight excluding hydrogens is 701 g/mol. The molecule has 5 aliphatic carbocycles. The molecule has 4 bridgehead atoms. The Morgan fingerprint density at radius 1 is 1.07 bits per heavy atom. The molecule has 6 rings (SSSR count). The second kappa shape index (κ2) is 16.3. The van der Waals surface area contributed by atoms with Crippen LogP contribution in [-0.4, -0.2) is 37.4 Å². The molecule has 3 N–H and O–H groups in total. The number of hydrogen-bond acceptors (Lipinski definition) is 5. The summed E-state index contributed by atoms with van der Waals surface area (Å²) >= 11 is 0. The van der Waals surface area contributed by atoms with Gasteiger partial charge in [0.25, 0.3) is 5.91 Å². The molecule has 6 nitrogen and oxygen atoms in total. The van der Waals surface area contributed by atoms with Gasteiger partial charge in [0.15, 0.2) is 0 Å². The molecule has 57 heavy (non-hydrogen) atoms. The van der Waals surface area contributed by atoms with E-state index in [1.54, 1.807) is 25.8 Å². The lowest BCUT2D eigenvalue weighted by Gasteiger charge is -2.68. The van der Waals surface area contributed by atoms with E-state index in [9.17, 15) is 4.79 Å². The van der Waals surface area contributed by atoms with Crippen LogP contribution >= 0.6 is 0 Å². The fraction of sp³-hybridized carbons (Fsp3) is 0.804. The maximum Gasteiger partial charge on any atom is 0.268 e. The molecule has 1 spiro atoms. The third-order valence-electron chi connectivity index (χ3n) is 19.1. The van der Waals surface area contributed by atoms with Gasteiger partial charge in [0.1, 0.15) is 11.3 Å². The van der Waals surface area contributed by atoms with Crippen molar-refractivity contribution in [3.63, 3.8) is 0 Å². The Kier molecular flexibility index (Phi) is 13.0. The molecule has 6 unspecified atom stereocenters. The molecule has 3 saturated carbocycles. The lowest BCUT2D eigenvalue weighted by molar-refractivity contribution is -0.177. The highest BCUT2D eigenvalue weighted by atomic mass is 16.5. The van der Waals surface area contributed by atoms with Crippen molar-refractivity contribution in [2.45, 2.75) is 186 Å². The number of fused-ring (bicyclic) bond motifs is 8. The van der Waals surface area contributed by atoms with Crippen LogP contribution in [0.15, 0.2) is 51.5 Å². The minimum Gasteiger partial charge on any atom is -0.495 e. The van der Waals surface area contributed by atoms with Gasteiger partial charge in [-0.25, -0.2) is 0 Å². The third-order valence-corrected chi connectivity index (χ3v) is 19.1. The Bertz CT molecular complexity index is 1660. The summed E-state index contributed by atoms with van der Waals surface area (Å²) in [5.74, 6) is 3.89. The van der Waals surface area contributed by atoms with Crippen molar-refractivity contribution in [1.29, 1.82) is 0 Å². The number of ether oxygens (including phenoxy) is 1. The first-order valence-corrected chi connectivity index (χ1v) is 23.1. The van der Waals surface area contributed by atoms with E-state index in [1.807, 2.05) is 25.0 Å². The number of rotatable bonds is 10. The topological polar surface area (TPSA) is 74.8 Å². The minimum atomic E-state index is -0.134. The highest BCUT2D eigenvalue weighted by Crippen LogP contribution is 2.75. The molecule has 0 aromatic heterocycles. The Balaban J connectivity index is 0.000000411. The molecule has 1 amide bonds. The van der Waals surface area contributed by atoms with Crippen molar-refractivity contribution in [1.82, 2.24) is 16.1 Å². The maximum absolute atomic E-state index is 11.3. The van der Waals surface area contributed by atoms with Gasteiger partial charge in [-0.3, -0.25) is 10.2 Å². The zero-order valence-electron chi connectivity index (χ0n) is 39.8. The summed E-state index contributed by atoms with van der Waals surface area (Å²) in [7, 11) is 3.79. The van der Waals surface area contributed by atoms with Gasteiger partial charge in [-0.2, -0.15) is 5.10 Å². The maximum atomic E-state index is 11.3. The second-order valence-corrected chi connectivity index (χ2v) is 22.0. The highest BCUT2D eigenvalue weighted by molar-refractivity contribution is 5.93. The van der Waals surface area contributed by atoms with E-state index < -0.39 is 0 Å². The molecule has 0 aromatic carbocycles. The summed E-state index contributed by atoms with van der Waals surface area (Å²) < 4.78 is 6.66. The molecule has 0 aromatic rings. The number of hydrazone groups is 1. The molecule has 3 fully saturated rings. The van der Waals surface area contributed by atoms with Gasteiger partial charge in [-0.05, 0) is 174 Å². The molecule has 1 aliphatic heterocycles. The predicted molar refractivity (Wildman–Crippen MR) is 242 cm³/mol. The first-order chi connectivity index (χ1) is 26.5. The van der Waals surface area contributed by atoms with Crippen molar-refractivity contribution in [2.75, 3.05) is 14.1 Å². The summed E-state index contributed by atoms with van der Waals surface area (Å²) in [5.41, 5.74) is 11.3. The molecule has 0 radical (unpaired) electrons. The highest BCUT2D eigenvalue weighted by Gasteiger charge is 2.68. The van der Waals surface area contributed by atoms with Crippen molar-refractivity contribution in [2.24, 2.45) is 67.7 Å². The Morgan fingerprint density at radius 2 is 1.75 bits per heavy atom. The zero-order chi connectivity index (χ0) is 42.6. The number of amides is 1. The van der Waals surface area contributed by atoms with Gasteiger partial charge in [0.05, 0.1) is 6.26 Å². The van der Waals surface area contributed by atoms with E-state index in [0.29, 0.717) is 40.2 Å². The summed E-state index contributed by atoms with van der Waals surface area (Å²) in [4.78, 5) is 11.3. The molecule has 0 saturated heterocycles. The third kappa shape index (κ3) is 7.24. The summed E-state index contributed by atoms with van der Waals surface area (Å²) in [6.45, 7) is 36.1. The van der Waals surface area contributed by atoms with Crippen LogP contribution in [0.4, 0.5) is 0 Å². The van der Waals surface area contributed by atoms with E-state index in [0.717, 1.165) is 23.8 Å². The number of nitrogens with zero attached hydrogens (tertiary/aromatic N) is 1. The number of allylic oxidation sites excluding steroid dienone is 6. The van der Waals surface area contributed by atoms with E-state index in [2.05, 4.69) is 130 Å². The molecule has 322 valence electrons. The van der Waals surface area contributed by atoms with Gasteiger partial charge < -0.3 is 15.4 Å². The summed E-state index contributed by atoms with van der Waals surface area (Å²) in [6, 6.07) is 0. The largest absolute Gasteiger partial charge is 0.495 e. The fourth-order valence-corrected chi connectivity index (χ4v) is 13.8. The van der Waals surface area contributed by atoms with E-state index in [4.69, 9.17) is 4.74 Å². The van der Waals surface area contributed by atoms with Crippen molar-refractivity contribution >= 4 is 12.1 Å². The number of nitrogens with one attached hydrogen (secondary N) is 3. The zero-order valence-corrected chi connectivity index (χ0v) is 39.8. The smallest absolute Gasteiger partial charge is 0.268 e. The summed E-state index contributed by atoms with van der Waals surface area (Å²) in [5, 5.41) is 10.2. The Morgan fingerprint density at radius 3 is 2.33 bits per heavy atom. The number of likely N-dealkylation sites (N-methyl/N-ethyl adjacent to an activating group) is 1. The van der Waals surface area contributed by atoms with Crippen LogP contribution in [0.3, 0.4) is 0 Å². The van der Waals surface area contributed by atoms with Crippen LogP contribution in [0.2, 0.25) is 0 Å². The molecule has 11 atom stereocenters. The molecule has 6 heteroatoms. The Labute approximate surface area is 350 Å².